The zero-order valence-electron chi connectivity index (χ0n) is 10.7. The molecule has 0 aliphatic rings. The number of nitrogens with zero attached hydrogens (tertiary/aromatic N) is 1. The fourth-order valence-corrected chi connectivity index (χ4v) is 2.10. The second kappa shape index (κ2) is 6.22. The van der Waals surface area contributed by atoms with E-state index in [1.54, 1.807) is 0 Å². The summed E-state index contributed by atoms with van der Waals surface area (Å²) < 4.78 is 0. The first-order valence-corrected chi connectivity index (χ1v) is 6.36. The van der Waals surface area contributed by atoms with Crippen LogP contribution in [0.1, 0.15) is 6.92 Å². The van der Waals surface area contributed by atoms with Gasteiger partial charge in [-0.2, -0.15) is 0 Å². The van der Waals surface area contributed by atoms with Crippen molar-refractivity contribution in [3.63, 3.8) is 0 Å². The number of anilines is 1. The van der Waals surface area contributed by atoms with E-state index < -0.39 is 0 Å². The first-order chi connectivity index (χ1) is 8.85. The van der Waals surface area contributed by atoms with E-state index in [2.05, 4.69) is 48.2 Å². The van der Waals surface area contributed by atoms with Crippen molar-refractivity contribution in [2.24, 2.45) is 0 Å². The summed E-state index contributed by atoms with van der Waals surface area (Å²) in [7, 11) is 0. The van der Waals surface area contributed by atoms with Crippen LogP contribution in [0.3, 0.4) is 0 Å². The molecule has 0 amide bonds. The smallest absolute Gasteiger partial charge is 0.0606 e. The number of hydrogen-bond donors (Lipinski definition) is 1. The first-order valence-electron chi connectivity index (χ1n) is 6.36. The standard InChI is InChI=1S/C16H19NO/c1-2-17(11-12-18)16-10-6-9-15(13-16)14-7-4-3-5-8-14/h3-10,13,18H,2,11-12H2,1H3. The van der Waals surface area contributed by atoms with Crippen LogP contribution in [0.4, 0.5) is 5.69 Å². The molecule has 1 N–H and O–H groups in total. The predicted octanol–water partition coefficient (Wildman–Crippen LogP) is 3.17. The van der Waals surface area contributed by atoms with E-state index in [1.165, 1.54) is 11.1 Å². The van der Waals surface area contributed by atoms with E-state index in [-0.39, 0.29) is 6.61 Å². The molecule has 0 aliphatic carbocycles. The van der Waals surface area contributed by atoms with Crippen LogP contribution in [0.25, 0.3) is 11.1 Å². The van der Waals surface area contributed by atoms with Crippen molar-refractivity contribution in [3.8, 4) is 11.1 Å². The fourth-order valence-electron chi connectivity index (χ4n) is 2.10. The van der Waals surface area contributed by atoms with E-state index in [0.717, 1.165) is 12.2 Å². The number of hydrogen-bond acceptors (Lipinski definition) is 2. The third kappa shape index (κ3) is 2.90. The van der Waals surface area contributed by atoms with Crippen molar-refractivity contribution in [1.29, 1.82) is 0 Å². The third-order valence-electron chi connectivity index (χ3n) is 3.07. The normalized spacial score (nSPS) is 10.3. The summed E-state index contributed by atoms with van der Waals surface area (Å²) in [5.74, 6) is 0. The molecule has 2 rings (SSSR count). The van der Waals surface area contributed by atoms with Gasteiger partial charge in [-0.15, -0.1) is 0 Å². The Balaban J connectivity index is 2.30. The molecule has 0 aliphatic heterocycles. The molecular formula is C16H19NO. The molecule has 0 atom stereocenters. The van der Waals surface area contributed by atoms with Gasteiger partial charge in [-0.05, 0) is 30.2 Å². The number of likely N-dealkylation sites (N-methyl/N-ethyl adjacent to an activating group) is 1. The molecule has 2 aromatic rings. The molecule has 2 aromatic carbocycles. The van der Waals surface area contributed by atoms with Crippen LogP contribution in [0, 0.1) is 0 Å². The van der Waals surface area contributed by atoms with E-state index in [4.69, 9.17) is 5.11 Å². The number of aliphatic hydroxyl groups excluding tert-OH is 1. The maximum absolute atomic E-state index is 9.07. The van der Waals surface area contributed by atoms with Gasteiger partial charge in [0.05, 0.1) is 6.61 Å². The van der Waals surface area contributed by atoms with Gasteiger partial charge in [0.25, 0.3) is 0 Å². The molecule has 2 heteroatoms. The molecule has 0 unspecified atom stereocenters. The van der Waals surface area contributed by atoms with E-state index in [0.29, 0.717) is 6.54 Å². The number of rotatable bonds is 5. The summed E-state index contributed by atoms with van der Waals surface area (Å²) >= 11 is 0. The van der Waals surface area contributed by atoms with Crippen molar-refractivity contribution in [2.45, 2.75) is 6.92 Å². The lowest BCUT2D eigenvalue weighted by molar-refractivity contribution is 0.302. The molecule has 0 spiro atoms. The molecule has 0 heterocycles. The van der Waals surface area contributed by atoms with Gasteiger partial charge in [0.15, 0.2) is 0 Å². The maximum atomic E-state index is 9.07. The van der Waals surface area contributed by atoms with Gasteiger partial charge in [-0.1, -0.05) is 42.5 Å². The van der Waals surface area contributed by atoms with E-state index >= 15 is 0 Å². The van der Waals surface area contributed by atoms with Crippen LogP contribution < -0.4 is 4.90 Å². The molecular weight excluding hydrogens is 222 g/mol. The SMILES string of the molecule is CCN(CCO)c1cccc(-c2ccccc2)c1. The Morgan fingerprint density at radius 3 is 2.33 bits per heavy atom. The summed E-state index contributed by atoms with van der Waals surface area (Å²) in [6.07, 6.45) is 0. The summed E-state index contributed by atoms with van der Waals surface area (Å²) in [6, 6.07) is 18.8. The van der Waals surface area contributed by atoms with Gasteiger partial charge < -0.3 is 10.0 Å². The average molecular weight is 241 g/mol. The molecule has 0 bridgehead atoms. The summed E-state index contributed by atoms with van der Waals surface area (Å²) in [5.41, 5.74) is 3.59. The highest BCUT2D eigenvalue weighted by Crippen LogP contribution is 2.24. The predicted molar refractivity (Wildman–Crippen MR) is 76.9 cm³/mol. The van der Waals surface area contributed by atoms with Gasteiger partial charge in [0.1, 0.15) is 0 Å². The largest absolute Gasteiger partial charge is 0.395 e. The fraction of sp³-hybridized carbons (Fsp3) is 0.250. The van der Waals surface area contributed by atoms with E-state index in [1.807, 2.05) is 18.2 Å². The van der Waals surface area contributed by atoms with E-state index in [9.17, 15) is 0 Å². The van der Waals surface area contributed by atoms with Gasteiger partial charge in [0.2, 0.25) is 0 Å². The van der Waals surface area contributed by atoms with Gasteiger partial charge in [0, 0.05) is 18.8 Å². The molecule has 0 radical (unpaired) electrons. The number of benzene rings is 2. The highest BCUT2D eigenvalue weighted by Gasteiger charge is 2.04. The highest BCUT2D eigenvalue weighted by atomic mass is 16.3. The van der Waals surface area contributed by atoms with Crippen LogP contribution in [0.5, 0.6) is 0 Å². The van der Waals surface area contributed by atoms with Crippen molar-refractivity contribution in [2.75, 3.05) is 24.6 Å². The monoisotopic (exact) mass is 241 g/mol. The van der Waals surface area contributed by atoms with Crippen LogP contribution in [-0.2, 0) is 0 Å². The van der Waals surface area contributed by atoms with Crippen molar-refractivity contribution in [1.82, 2.24) is 0 Å². The molecule has 18 heavy (non-hydrogen) atoms. The summed E-state index contributed by atoms with van der Waals surface area (Å²) in [6.45, 7) is 3.86. The topological polar surface area (TPSA) is 23.5 Å². The van der Waals surface area contributed by atoms with Gasteiger partial charge in [-0.3, -0.25) is 0 Å². The lowest BCUT2D eigenvalue weighted by Crippen LogP contribution is -2.25. The molecule has 2 nitrogen and oxygen atoms in total. The molecule has 0 fully saturated rings. The Bertz CT molecular complexity index is 481. The zero-order chi connectivity index (χ0) is 12.8. The minimum atomic E-state index is 0.184. The summed E-state index contributed by atoms with van der Waals surface area (Å²) in [5, 5.41) is 9.07. The van der Waals surface area contributed by atoms with Gasteiger partial charge in [-0.25, -0.2) is 0 Å². The zero-order valence-corrected chi connectivity index (χ0v) is 10.7. The number of aliphatic hydroxyl groups is 1. The minimum Gasteiger partial charge on any atom is -0.395 e. The third-order valence-corrected chi connectivity index (χ3v) is 3.07. The van der Waals surface area contributed by atoms with Crippen molar-refractivity contribution < 1.29 is 5.11 Å². The second-order valence-corrected chi connectivity index (χ2v) is 4.22. The average Bonchev–Trinajstić information content (AvgIpc) is 2.46. The molecule has 94 valence electrons. The van der Waals surface area contributed by atoms with Crippen LogP contribution >= 0.6 is 0 Å². The first kappa shape index (κ1) is 12.7. The Morgan fingerprint density at radius 1 is 0.944 bits per heavy atom. The second-order valence-electron chi connectivity index (χ2n) is 4.22. The van der Waals surface area contributed by atoms with Crippen molar-refractivity contribution >= 4 is 5.69 Å². The quantitative estimate of drug-likeness (QED) is 0.869. The van der Waals surface area contributed by atoms with Crippen LogP contribution in [0.15, 0.2) is 54.6 Å². The lowest BCUT2D eigenvalue weighted by Gasteiger charge is -2.22. The summed E-state index contributed by atoms with van der Waals surface area (Å²) in [4.78, 5) is 2.17. The Labute approximate surface area is 109 Å². The molecule has 0 aromatic heterocycles. The maximum Gasteiger partial charge on any atom is 0.0606 e. The van der Waals surface area contributed by atoms with Crippen LogP contribution in [-0.4, -0.2) is 24.8 Å². The van der Waals surface area contributed by atoms with Crippen LogP contribution in [0.2, 0.25) is 0 Å². The molecule has 0 saturated heterocycles. The van der Waals surface area contributed by atoms with Gasteiger partial charge >= 0.3 is 0 Å². The lowest BCUT2D eigenvalue weighted by atomic mass is 10.0. The van der Waals surface area contributed by atoms with Crippen molar-refractivity contribution in [3.05, 3.63) is 54.6 Å². The Kier molecular flexibility index (Phi) is 4.37. The Morgan fingerprint density at radius 2 is 1.67 bits per heavy atom. The Hall–Kier alpha value is -1.80. The minimum absolute atomic E-state index is 0.184. The highest BCUT2D eigenvalue weighted by molar-refractivity contribution is 5.68. The molecule has 0 saturated carbocycles.